The van der Waals surface area contributed by atoms with Crippen LogP contribution in [0, 0.1) is 0 Å². The minimum atomic E-state index is -0.627. The molecule has 8 heteroatoms. The number of halogens is 1. The van der Waals surface area contributed by atoms with E-state index in [1.165, 1.54) is 0 Å². The highest BCUT2D eigenvalue weighted by Gasteiger charge is 2.34. The summed E-state index contributed by atoms with van der Waals surface area (Å²) >= 11 is 6.03. The maximum atomic E-state index is 13.0. The van der Waals surface area contributed by atoms with Crippen LogP contribution in [-0.2, 0) is 9.59 Å². The van der Waals surface area contributed by atoms with Gasteiger partial charge in [0.05, 0.1) is 24.5 Å². The number of aromatic nitrogens is 1. The van der Waals surface area contributed by atoms with Crippen molar-refractivity contribution in [3.63, 3.8) is 0 Å². The largest absolute Gasteiger partial charge is 0.477 e. The quantitative estimate of drug-likeness (QED) is 0.778. The first-order valence-corrected chi connectivity index (χ1v) is 10.2. The molecule has 1 N–H and O–H groups in total. The molecule has 29 heavy (non-hydrogen) atoms. The number of benzene rings is 1. The number of nitrogens with one attached hydrogen (secondary N) is 1. The van der Waals surface area contributed by atoms with E-state index in [1.54, 1.807) is 18.3 Å². The Morgan fingerprint density at radius 2 is 1.93 bits per heavy atom. The van der Waals surface area contributed by atoms with Gasteiger partial charge in [-0.3, -0.25) is 9.59 Å². The molecular formula is C21H23ClN4O3. The van der Waals surface area contributed by atoms with Gasteiger partial charge in [-0.25, -0.2) is 4.98 Å². The fourth-order valence-electron chi connectivity index (χ4n) is 3.75. The molecule has 2 amide bonds. The van der Waals surface area contributed by atoms with Gasteiger partial charge in [-0.05, 0) is 43.5 Å². The van der Waals surface area contributed by atoms with E-state index in [-0.39, 0.29) is 23.5 Å². The van der Waals surface area contributed by atoms with Crippen LogP contribution in [0.25, 0.3) is 0 Å². The number of nitrogens with zero attached hydrogens (tertiary/aromatic N) is 3. The van der Waals surface area contributed by atoms with Crippen molar-refractivity contribution in [2.24, 2.45) is 0 Å². The van der Waals surface area contributed by atoms with E-state index in [4.69, 9.17) is 16.3 Å². The van der Waals surface area contributed by atoms with E-state index in [9.17, 15) is 9.59 Å². The van der Waals surface area contributed by atoms with E-state index < -0.39 is 6.10 Å². The van der Waals surface area contributed by atoms with Crippen LogP contribution in [0.3, 0.4) is 0 Å². The smallest absolute Gasteiger partial charge is 0.265 e. The summed E-state index contributed by atoms with van der Waals surface area (Å²) in [6.45, 7) is 1.93. The molecule has 0 spiro atoms. The summed E-state index contributed by atoms with van der Waals surface area (Å²) in [6, 6.07) is 10.9. The Hall–Kier alpha value is -2.80. The zero-order valence-electron chi connectivity index (χ0n) is 16.0. The Balaban J connectivity index is 1.49. The van der Waals surface area contributed by atoms with Crippen LogP contribution < -0.4 is 15.0 Å². The second-order valence-corrected chi connectivity index (χ2v) is 7.59. The van der Waals surface area contributed by atoms with Gasteiger partial charge in [0.15, 0.2) is 11.3 Å². The van der Waals surface area contributed by atoms with Crippen LogP contribution in [-0.4, -0.2) is 54.0 Å². The fourth-order valence-corrected chi connectivity index (χ4v) is 3.91. The number of hydrogen-bond donors (Lipinski definition) is 1. The lowest BCUT2D eigenvalue weighted by atomic mass is 10.1. The molecule has 1 unspecified atom stereocenters. The number of rotatable bonds is 4. The summed E-state index contributed by atoms with van der Waals surface area (Å²) in [4.78, 5) is 33.3. The van der Waals surface area contributed by atoms with Crippen LogP contribution in [0.4, 0.5) is 11.4 Å². The molecule has 0 radical (unpaired) electrons. The molecule has 7 nitrogen and oxygen atoms in total. The summed E-state index contributed by atoms with van der Waals surface area (Å²) in [5.41, 5.74) is 1.25. The summed E-state index contributed by atoms with van der Waals surface area (Å²) in [5, 5.41) is 3.02. The van der Waals surface area contributed by atoms with Crippen molar-refractivity contribution in [1.82, 2.24) is 9.88 Å². The van der Waals surface area contributed by atoms with Crippen molar-refractivity contribution in [3.05, 3.63) is 47.7 Å². The third-order valence-electron chi connectivity index (χ3n) is 5.17. The number of ether oxygens (including phenoxy) is 1. The van der Waals surface area contributed by atoms with E-state index >= 15 is 0 Å². The van der Waals surface area contributed by atoms with Gasteiger partial charge in [0.2, 0.25) is 5.91 Å². The number of carbonyl (C=O) groups excluding carboxylic acids is 2. The maximum absolute atomic E-state index is 13.0. The summed E-state index contributed by atoms with van der Waals surface area (Å²) in [6.07, 6.45) is 4.13. The molecule has 1 saturated heterocycles. The van der Waals surface area contributed by atoms with Gasteiger partial charge in [0, 0.05) is 19.3 Å². The molecule has 3 heterocycles. The van der Waals surface area contributed by atoms with Gasteiger partial charge in [-0.2, -0.15) is 0 Å². The number of piperidine rings is 1. The van der Waals surface area contributed by atoms with Crippen molar-refractivity contribution in [2.45, 2.75) is 25.4 Å². The first kappa shape index (κ1) is 19.5. The molecule has 152 valence electrons. The minimum Gasteiger partial charge on any atom is -0.477 e. The molecule has 0 bridgehead atoms. The maximum Gasteiger partial charge on any atom is 0.265 e. The SMILES string of the molecule is O=C(CN1CC(C(=O)N2CCCCC2)Oc2ccccc21)Nc1cccnc1Cl. The highest BCUT2D eigenvalue weighted by Crippen LogP contribution is 2.33. The Morgan fingerprint density at radius 3 is 2.72 bits per heavy atom. The zero-order valence-corrected chi connectivity index (χ0v) is 16.8. The number of pyridine rings is 1. The lowest BCUT2D eigenvalue weighted by molar-refractivity contribution is -0.139. The standard InChI is InChI=1S/C21H23ClN4O3/c22-20-15(7-6-10-23-20)24-19(27)14-26-13-18(21(28)25-11-4-1-5-12-25)29-17-9-3-2-8-16(17)26/h2-3,6-10,18H,1,4-5,11-14H2,(H,24,27). The van der Waals surface area contributed by atoms with Gasteiger partial charge in [0.25, 0.3) is 5.91 Å². The monoisotopic (exact) mass is 414 g/mol. The predicted molar refractivity (Wildman–Crippen MR) is 111 cm³/mol. The third kappa shape index (κ3) is 4.45. The number of anilines is 2. The average Bonchev–Trinajstić information content (AvgIpc) is 2.75. The molecule has 4 rings (SSSR count). The van der Waals surface area contributed by atoms with Gasteiger partial charge >= 0.3 is 0 Å². The second-order valence-electron chi connectivity index (χ2n) is 7.23. The zero-order chi connectivity index (χ0) is 20.2. The lowest BCUT2D eigenvalue weighted by Gasteiger charge is -2.38. The van der Waals surface area contributed by atoms with Crippen molar-refractivity contribution in [2.75, 3.05) is 36.4 Å². The molecule has 2 aromatic rings. The topological polar surface area (TPSA) is 74.8 Å². The second kappa shape index (κ2) is 8.69. The van der Waals surface area contributed by atoms with E-state index in [2.05, 4.69) is 10.3 Å². The average molecular weight is 415 g/mol. The highest BCUT2D eigenvalue weighted by molar-refractivity contribution is 6.32. The molecule has 1 fully saturated rings. The van der Waals surface area contributed by atoms with Crippen LogP contribution in [0.1, 0.15) is 19.3 Å². The lowest BCUT2D eigenvalue weighted by Crippen LogP contribution is -2.52. The number of carbonyl (C=O) groups is 2. The number of para-hydroxylation sites is 2. The Labute approximate surface area is 174 Å². The normalized spacial score (nSPS) is 18.6. The van der Waals surface area contributed by atoms with Crippen molar-refractivity contribution < 1.29 is 14.3 Å². The van der Waals surface area contributed by atoms with Crippen molar-refractivity contribution >= 4 is 34.8 Å². The Bertz CT molecular complexity index is 901. The molecule has 2 aliphatic heterocycles. The minimum absolute atomic E-state index is 0.0140. The first-order chi connectivity index (χ1) is 14.1. The van der Waals surface area contributed by atoms with Crippen LogP contribution >= 0.6 is 11.6 Å². The molecule has 0 saturated carbocycles. The van der Waals surface area contributed by atoms with Crippen molar-refractivity contribution in [1.29, 1.82) is 0 Å². The molecule has 2 aliphatic rings. The molecular weight excluding hydrogens is 392 g/mol. The highest BCUT2D eigenvalue weighted by atomic mass is 35.5. The van der Waals surface area contributed by atoms with E-state index in [0.29, 0.717) is 18.0 Å². The fraction of sp³-hybridized carbons (Fsp3) is 0.381. The van der Waals surface area contributed by atoms with Gasteiger partial charge in [-0.1, -0.05) is 23.7 Å². The summed E-state index contributed by atoms with van der Waals surface area (Å²) in [7, 11) is 0. The Morgan fingerprint density at radius 1 is 1.14 bits per heavy atom. The molecule has 1 aromatic carbocycles. The van der Waals surface area contributed by atoms with Gasteiger partial charge in [-0.15, -0.1) is 0 Å². The number of amides is 2. The van der Waals surface area contributed by atoms with E-state index in [0.717, 1.165) is 38.0 Å². The molecule has 1 aromatic heterocycles. The first-order valence-electron chi connectivity index (χ1n) is 9.81. The molecule has 1 atom stereocenters. The van der Waals surface area contributed by atoms with Crippen LogP contribution in [0.15, 0.2) is 42.6 Å². The number of likely N-dealkylation sites (tertiary alicyclic amines) is 1. The van der Waals surface area contributed by atoms with Crippen molar-refractivity contribution in [3.8, 4) is 5.75 Å². The number of fused-ring (bicyclic) bond motifs is 1. The van der Waals surface area contributed by atoms with Crippen LogP contribution in [0.5, 0.6) is 5.75 Å². The van der Waals surface area contributed by atoms with Gasteiger partial charge < -0.3 is 19.9 Å². The number of hydrogen-bond acceptors (Lipinski definition) is 5. The molecule has 0 aliphatic carbocycles. The van der Waals surface area contributed by atoms with Gasteiger partial charge in [0.1, 0.15) is 5.75 Å². The van der Waals surface area contributed by atoms with E-state index in [1.807, 2.05) is 34.1 Å². The van der Waals surface area contributed by atoms with Crippen LogP contribution in [0.2, 0.25) is 5.15 Å². The summed E-state index contributed by atoms with van der Waals surface area (Å²) in [5.74, 6) is 0.363. The Kier molecular flexibility index (Phi) is 5.85. The third-order valence-corrected chi connectivity index (χ3v) is 5.47. The predicted octanol–water partition coefficient (Wildman–Crippen LogP) is 2.95. The summed E-state index contributed by atoms with van der Waals surface area (Å²) < 4.78 is 6.00.